The van der Waals surface area contributed by atoms with E-state index in [2.05, 4.69) is 50.8 Å². The Kier molecular flexibility index (Phi) is 3.60. The van der Waals surface area contributed by atoms with Crippen molar-refractivity contribution < 1.29 is 4.74 Å². The molecule has 1 aromatic carbocycles. The molecule has 1 aliphatic heterocycles. The van der Waals surface area contributed by atoms with Gasteiger partial charge in [0.05, 0.1) is 12.2 Å². The quantitative estimate of drug-likeness (QED) is 0.792. The van der Waals surface area contributed by atoms with E-state index in [0.717, 1.165) is 25.3 Å². The number of anilines is 1. The maximum atomic E-state index is 5.72. The molecule has 2 rings (SSSR count). The van der Waals surface area contributed by atoms with Crippen LogP contribution in [0.25, 0.3) is 0 Å². The first-order valence-corrected chi connectivity index (χ1v) is 6.60. The largest absolute Gasteiger partial charge is 0.490 e. The molecule has 0 fully saturated rings. The van der Waals surface area contributed by atoms with Gasteiger partial charge < -0.3 is 9.64 Å². The van der Waals surface area contributed by atoms with Crippen LogP contribution < -0.4 is 9.64 Å². The molecule has 17 heavy (non-hydrogen) atoms. The zero-order chi connectivity index (χ0) is 12.4. The van der Waals surface area contributed by atoms with Gasteiger partial charge in [-0.15, -0.1) is 0 Å². The highest BCUT2D eigenvalue weighted by atomic mass is 16.5. The Hall–Kier alpha value is -1.18. The molecule has 0 spiro atoms. The molecule has 0 aromatic heterocycles. The lowest BCUT2D eigenvalue weighted by atomic mass is 10.0. The summed E-state index contributed by atoms with van der Waals surface area (Å²) in [7, 11) is 0. The SMILES string of the molecule is CC(C)Cc1ccc2c(c1)N(C(C)C)CCO2. The fourth-order valence-corrected chi connectivity index (χ4v) is 2.42. The topological polar surface area (TPSA) is 12.5 Å². The van der Waals surface area contributed by atoms with Gasteiger partial charge in [-0.3, -0.25) is 0 Å². The highest BCUT2D eigenvalue weighted by Crippen LogP contribution is 2.34. The smallest absolute Gasteiger partial charge is 0.142 e. The van der Waals surface area contributed by atoms with Gasteiger partial charge >= 0.3 is 0 Å². The predicted molar refractivity (Wildman–Crippen MR) is 73.0 cm³/mol. The van der Waals surface area contributed by atoms with Crippen LogP contribution in [0.1, 0.15) is 33.3 Å². The van der Waals surface area contributed by atoms with Gasteiger partial charge in [0.15, 0.2) is 0 Å². The fourth-order valence-electron chi connectivity index (χ4n) is 2.42. The molecule has 0 amide bonds. The number of nitrogens with zero attached hydrogens (tertiary/aromatic N) is 1. The lowest BCUT2D eigenvalue weighted by Crippen LogP contribution is -2.37. The van der Waals surface area contributed by atoms with Gasteiger partial charge in [0, 0.05) is 6.04 Å². The van der Waals surface area contributed by atoms with Crippen LogP contribution in [0.5, 0.6) is 5.75 Å². The first-order valence-electron chi connectivity index (χ1n) is 6.60. The number of fused-ring (bicyclic) bond motifs is 1. The van der Waals surface area contributed by atoms with E-state index in [9.17, 15) is 0 Å². The molecular formula is C15H23NO. The van der Waals surface area contributed by atoms with Gasteiger partial charge in [-0.05, 0) is 43.9 Å². The second kappa shape index (κ2) is 4.99. The predicted octanol–water partition coefficient (Wildman–Crippen LogP) is 3.49. The summed E-state index contributed by atoms with van der Waals surface area (Å²) in [6, 6.07) is 7.16. The summed E-state index contributed by atoms with van der Waals surface area (Å²) < 4.78 is 5.72. The molecule has 0 unspecified atom stereocenters. The van der Waals surface area contributed by atoms with Crippen molar-refractivity contribution in [2.45, 2.75) is 40.2 Å². The summed E-state index contributed by atoms with van der Waals surface area (Å²) in [5, 5.41) is 0. The third kappa shape index (κ3) is 2.74. The second-order valence-corrected chi connectivity index (χ2v) is 5.54. The van der Waals surface area contributed by atoms with Crippen molar-refractivity contribution in [3.63, 3.8) is 0 Å². The lowest BCUT2D eigenvalue weighted by Gasteiger charge is -2.34. The van der Waals surface area contributed by atoms with Crippen LogP contribution in [0.2, 0.25) is 0 Å². The van der Waals surface area contributed by atoms with Crippen molar-refractivity contribution in [1.82, 2.24) is 0 Å². The van der Waals surface area contributed by atoms with E-state index in [-0.39, 0.29) is 0 Å². The first-order chi connectivity index (χ1) is 8.08. The Labute approximate surface area is 105 Å². The third-order valence-corrected chi connectivity index (χ3v) is 3.19. The molecule has 0 radical (unpaired) electrons. The zero-order valence-corrected chi connectivity index (χ0v) is 11.4. The molecule has 1 aliphatic rings. The van der Waals surface area contributed by atoms with Crippen LogP contribution in [0.15, 0.2) is 18.2 Å². The van der Waals surface area contributed by atoms with Gasteiger partial charge in [-0.2, -0.15) is 0 Å². The van der Waals surface area contributed by atoms with Crippen LogP contribution in [0.3, 0.4) is 0 Å². The van der Waals surface area contributed by atoms with Crippen LogP contribution in [-0.2, 0) is 6.42 Å². The Morgan fingerprint density at radius 2 is 2.00 bits per heavy atom. The Morgan fingerprint density at radius 1 is 1.24 bits per heavy atom. The van der Waals surface area contributed by atoms with E-state index in [4.69, 9.17) is 4.74 Å². The first kappa shape index (κ1) is 12.3. The van der Waals surface area contributed by atoms with E-state index in [1.54, 1.807) is 0 Å². The van der Waals surface area contributed by atoms with E-state index < -0.39 is 0 Å². The summed E-state index contributed by atoms with van der Waals surface area (Å²) in [5.74, 6) is 1.74. The minimum Gasteiger partial charge on any atom is -0.490 e. The average molecular weight is 233 g/mol. The summed E-state index contributed by atoms with van der Waals surface area (Å²) in [4.78, 5) is 2.43. The Bertz CT molecular complexity index is 385. The van der Waals surface area contributed by atoms with Crippen molar-refractivity contribution in [2.75, 3.05) is 18.1 Å². The second-order valence-electron chi connectivity index (χ2n) is 5.54. The molecule has 1 heterocycles. The number of rotatable bonds is 3. The van der Waals surface area contributed by atoms with Crippen LogP contribution in [0, 0.1) is 5.92 Å². The fraction of sp³-hybridized carbons (Fsp3) is 0.600. The molecule has 2 nitrogen and oxygen atoms in total. The van der Waals surface area contributed by atoms with Crippen LogP contribution >= 0.6 is 0 Å². The molecule has 0 N–H and O–H groups in total. The third-order valence-electron chi connectivity index (χ3n) is 3.19. The lowest BCUT2D eigenvalue weighted by molar-refractivity contribution is 0.302. The Balaban J connectivity index is 2.30. The van der Waals surface area contributed by atoms with Crippen molar-refractivity contribution in [3.8, 4) is 5.75 Å². The highest BCUT2D eigenvalue weighted by molar-refractivity contribution is 5.62. The van der Waals surface area contributed by atoms with Crippen molar-refractivity contribution >= 4 is 5.69 Å². The summed E-state index contributed by atoms with van der Waals surface area (Å²) >= 11 is 0. The normalized spacial score (nSPS) is 15.1. The molecule has 0 saturated heterocycles. The van der Waals surface area contributed by atoms with Crippen LogP contribution in [-0.4, -0.2) is 19.2 Å². The standard InChI is InChI=1S/C15H23NO/c1-11(2)9-13-5-6-15-14(10-13)16(12(3)4)7-8-17-15/h5-6,10-12H,7-9H2,1-4H3. The van der Waals surface area contributed by atoms with E-state index in [1.165, 1.54) is 11.3 Å². The molecule has 2 heteroatoms. The van der Waals surface area contributed by atoms with Crippen LogP contribution in [0.4, 0.5) is 5.69 Å². The molecule has 0 bridgehead atoms. The minimum atomic E-state index is 0.534. The number of hydrogen-bond acceptors (Lipinski definition) is 2. The average Bonchev–Trinajstić information content (AvgIpc) is 2.27. The van der Waals surface area contributed by atoms with Crippen molar-refractivity contribution in [3.05, 3.63) is 23.8 Å². The van der Waals surface area contributed by atoms with E-state index >= 15 is 0 Å². The van der Waals surface area contributed by atoms with Gasteiger partial charge in [-0.1, -0.05) is 19.9 Å². The van der Waals surface area contributed by atoms with Crippen molar-refractivity contribution in [2.24, 2.45) is 5.92 Å². The summed E-state index contributed by atoms with van der Waals surface area (Å²) in [5.41, 5.74) is 2.68. The maximum Gasteiger partial charge on any atom is 0.142 e. The van der Waals surface area contributed by atoms with Gasteiger partial charge in [0.25, 0.3) is 0 Å². The Morgan fingerprint density at radius 3 is 2.65 bits per heavy atom. The van der Waals surface area contributed by atoms with Gasteiger partial charge in [0.1, 0.15) is 12.4 Å². The minimum absolute atomic E-state index is 0.534. The van der Waals surface area contributed by atoms with E-state index in [0.29, 0.717) is 12.0 Å². The van der Waals surface area contributed by atoms with Gasteiger partial charge in [-0.25, -0.2) is 0 Å². The number of ether oxygens (including phenoxy) is 1. The van der Waals surface area contributed by atoms with Crippen molar-refractivity contribution in [1.29, 1.82) is 0 Å². The monoisotopic (exact) mass is 233 g/mol. The summed E-state index contributed by atoms with van der Waals surface area (Å²) in [6.45, 7) is 10.8. The molecule has 0 aliphatic carbocycles. The summed E-state index contributed by atoms with van der Waals surface area (Å²) in [6.07, 6.45) is 1.14. The molecular weight excluding hydrogens is 210 g/mol. The van der Waals surface area contributed by atoms with Gasteiger partial charge in [0.2, 0.25) is 0 Å². The highest BCUT2D eigenvalue weighted by Gasteiger charge is 2.20. The van der Waals surface area contributed by atoms with E-state index in [1.807, 2.05) is 0 Å². The zero-order valence-electron chi connectivity index (χ0n) is 11.4. The molecule has 0 atom stereocenters. The number of hydrogen-bond donors (Lipinski definition) is 0. The maximum absolute atomic E-state index is 5.72. The number of benzene rings is 1. The molecule has 0 saturated carbocycles. The molecule has 94 valence electrons. The molecule has 1 aromatic rings.